The maximum atomic E-state index is 13.2. The van der Waals surface area contributed by atoms with Gasteiger partial charge in [0.1, 0.15) is 60.9 Å². The van der Waals surface area contributed by atoms with Gasteiger partial charge in [-0.15, -0.1) is 0 Å². The number of esters is 1. The van der Waals surface area contributed by atoms with Gasteiger partial charge >= 0.3 is 12.1 Å². The van der Waals surface area contributed by atoms with E-state index in [1.807, 2.05) is 48.5 Å². The first-order valence-corrected chi connectivity index (χ1v) is 18.4. The number of nitrogens with one attached hydrogen (secondary N) is 1. The molecule has 1 N–H and O–H groups in total. The van der Waals surface area contributed by atoms with Gasteiger partial charge in [0.15, 0.2) is 0 Å². The lowest BCUT2D eigenvalue weighted by atomic mass is 10.1. The molecule has 7 rings (SSSR count). The lowest BCUT2D eigenvalue weighted by Crippen LogP contribution is -2.17. The summed E-state index contributed by atoms with van der Waals surface area (Å²) < 4.78 is 57.0. The fourth-order valence-electron chi connectivity index (χ4n) is 6.51. The number of aromatic nitrogens is 3. The normalized spacial score (nSPS) is 11.2. The van der Waals surface area contributed by atoms with E-state index >= 15 is 0 Å². The van der Waals surface area contributed by atoms with Crippen LogP contribution in [0.4, 0.5) is 4.79 Å². The van der Waals surface area contributed by atoms with Crippen molar-refractivity contribution in [1.82, 2.24) is 14.5 Å². The average Bonchev–Trinajstić information content (AvgIpc) is 3.79. The first-order chi connectivity index (χ1) is 28.4. The Kier molecular flexibility index (Phi) is 12.6. The molecule has 0 fully saturated rings. The van der Waals surface area contributed by atoms with Crippen molar-refractivity contribution in [2.45, 2.75) is 0 Å². The Morgan fingerprint density at radius 2 is 1.05 bits per heavy atom. The summed E-state index contributed by atoms with van der Waals surface area (Å²) >= 11 is 0. The van der Waals surface area contributed by atoms with Crippen molar-refractivity contribution in [3.63, 3.8) is 0 Å². The second kappa shape index (κ2) is 18.5. The molecule has 0 saturated heterocycles. The van der Waals surface area contributed by atoms with Crippen LogP contribution in [0.3, 0.4) is 0 Å². The van der Waals surface area contributed by atoms with Crippen LogP contribution in [0, 0.1) is 0 Å². The Hall–Kier alpha value is -6.71. The smallest absolute Gasteiger partial charge is 0.419 e. The van der Waals surface area contributed by atoms with E-state index in [1.54, 1.807) is 65.1 Å². The molecule has 0 unspecified atom stereocenters. The third-order valence-corrected chi connectivity index (χ3v) is 9.30. The van der Waals surface area contributed by atoms with Crippen molar-refractivity contribution in [3.8, 4) is 34.5 Å². The highest BCUT2D eigenvalue weighted by molar-refractivity contribution is 6.15. The molecule has 0 atom stereocenters. The summed E-state index contributed by atoms with van der Waals surface area (Å²) in [5.74, 6) is 3.09. The van der Waals surface area contributed by atoms with E-state index in [1.165, 1.54) is 4.57 Å². The molecular weight excluding hydrogens is 750 g/mol. The summed E-state index contributed by atoms with van der Waals surface area (Å²) in [4.78, 5) is 33.8. The molecule has 0 radical (unpaired) electrons. The highest BCUT2D eigenvalue weighted by Gasteiger charge is 2.20. The molecule has 0 aliphatic rings. The van der Waals surface area contributed by atoms with Gasteiger partial charge in [-0.2, -0.15) is 0 Å². The Morgan fingerprint density at radius 1 is 0.534 bits per heavy atom. The molecular formula is C43H43N3O12. The van der Waals surface area contributed by atoms with Gasteiger partial charge in [0, 0.05) is 33.1 Å². The molecule has 0 amide bonds. The Labute approximate surface area is 333 Å². The van der Waals surface area contributed by atoms with Crippen LogP contribution in [0.5, 0.6) is 34.5 Å². The predicted octanol–water partition coefficient (Wildman–Crippen LogP) is 7.19. The number of fused-ring (bicyclic) bond motifs is 6. The maximum absolute atomic E-state index is 13.2. The van der Waals surface area contributed by atoms with Crippen LogP contribution in [0.25, 0.3) is 43.6 Å². The number of aromatic amines is 1. The van der Waals surface area contributed by atoms with E-state index in [0.29, 0.717) is 56.6 Å². The van der Waals surface area contributed by atoms with Crippen LogP contribution >= 0.6 is 0 Å². The summed E-state index contributed by atoms with van der Waals surface area (Å²) in [6, 6.07) is 21.9. The summed E-state index contributed by atoms with van der Waals surface area (Å²) in [7, 11) is 6.35. The molecule has 0 aliphatic heterocycles. The SMILES string of the molecule is COc1ccc2[nH]c3c(C(=O)OCCOCCOc4cncc(OCCOCCOC(=O)n5c6ccc(OC)cc6c6cc(OC)ccc65)c4)cc(OC)cc3c2c1. The van der Waals surface area contributed by atoms with Gasteiger partial charge in [-0.05, 0) is 66.7 Å². The van der Waals surface area contributed by atoms with Crippen molar-refractivity contribution >= 4 is 55.7 Å². The topological polar surface area (TPSA) is 160 Å². The fraction of sp³-hybridized carbons (Fsp3) is 0.279. The van der Waals surface area contributed by atoms with E-state index in [0.717, 1.165) is 27.1 Å². The number of pyridine rings is 1. The van der Waals surface area contributed by atoms with E-state index in [9.17, 15) is 9.59 Å². The van der Waals surface area contributed by atoms with Crippen molar-refractivity contribution in [2.75, 3.05) is 81.3 Å². The third kappa shape index (κ3) is 8.80. The number of carbonyl (C=O) groups is 2. The molecule has 15 nitrogen and oxygen atoms in total. The van der Waals surface area contributed by atoms with Crippen LogP contribution < -0.4 is 28.4 Å². The molecule has 0 aliphatic carbocycles. The van der Waals surface area contributed by atoms with E-state index in [2.05, 4.69) is 9.97 Å². The summed E-state index contributed by atoms with van der Waals surface area (Å²) in [6.07, 6.45) is 2.61. The zero-order chi connectivity index (χ0) is 40.4. The van der Waals surface area contributed by atoms with E-state index in [-0.39, 0.29) is 52.9 Å². The summed E-state index contributed by atoms with van der Waals surface area (Å²) in [5.41, 5.74) is 3.24. The van der Waals surface area contributed by atoms with Crippen molar-refractivity contribution < 1.29 is 57.0 Å². The number of methoxy groups -OCH3 is 4. The van der Waals surface area contributed by atoms with E-state index < -0.39 is 12.1 Å². The number of ether oxygens (including phenoxy) is 10. The van der Waals surface area contributed by atoms with Gasteiger partial charge in [0.25, 0.3) is 0 Å². The van der Waals surface area contributed by atoms with Gasteiger partial charge in [-0.3, -0.25) is 4.98 Å². The molecule has 302 valence electrons. The molecule has 58 heavy (non-hydrogen) atoms. The quantitative estimate of drug-likeness (QED) is 0.0648. The molecule has 4 aromatic carbocycles. The number of hydrogen-bond acceptors (Lipinski definition) is 13. The maximum Gasteiger partial charge on any atom is 0.419 e. The van der Waals surface area contributed by atoms with Crippen LogP contribution in [-0.2, 0) is 18.9 Å². The standard InChI is InChI=1S/C43H43N3O12/c1-49-27-5-8-38-33(20-27)36-23-30(52-4)24-37(41(36)45-38)42(47)57-17-13-53-11-15-55-31-19-32(26-44-25-31)56-16-12-54-14-18-58-43(48)46-39-9-6-28(50-2)21-34(39)35-22-29(51-3)7-10-40(35)46/h5-10,19-26,45H,11-18H2,1-4H3. The predicted molar refractivity (Wildman–Crippen MR) is 215 cm³/mol. The number of hydrogen-bond donors (Lipinski definition) is 1. The van der Waals surface area contributed by atoms with Gasteiger partial charge < -0.3 is 52.4 Å². The molecule has 3 aromatic heterocycles. The van der Waals surface area contributed by atoms with Crippen molar-refractivity contribution in [1.29, 1.82) is 0 Å². The second-order valence-electron chi connectivity index (χ2n) is 12.8. The molecule has 15 heteroatoms. The molecule has 7 aromatic rings. The van der Waals surface area contributed by atoms with Gasteiger partial charge in [-0.25, -0.2) is 14.2 Å². The molecule has 3 heterocycles. The van der Waals surface area contributed by atoms with Crippen molar-refractivity contribution in [2.24, 2.45) is 0 Å². The minimum Gasteiger partial charge on any atom is -0.497 e. The Bertz CT molecular complexity index is 2480. The van der Waals surface area contributed by atoms with Crippen LogP contribution in [0.1, 0.15) is 10.4 Å². The third-order valence-electron chi connectivity index (χ3n) is 9.30. The van der Waals surface area contributed by atoms with Gasteiger partial charge in [0.2, 0.25) is 0 Å². The lowest BCUT2D eigenvalue weighted by Gasteiger charge is -2.11. The monoisotopic (exact) mass is 793 g/mol. The number of H-pyrrole nitrogens is 1. The summed E-state index contributed by atoms with van der Waals surface area (Å²) in [5, 5.41) is 3.41. The number of carbonyl (C=O) groups excluding carboxylic acids is 2. The van der Waals surface area contributed by atoms with Crippen LogP contribution in [-0.4, -0.2) is 108 Å². The fourth-order valence-corrected chi connectivity index (χ4v) is 6.51. The van der Waals surface area contributed by atoms with E-state index in [4.69, 9.17) is 47.4 Å². The largest absolute Gasteiger partial charge is 0.497 e. The highest BCUT2D eigenvalue weighted by atomic mass is 16.6. The minimum absolute atomic E-state index is 0.0501. The molecule has 0 spiro atoms. The van der Waals surface area contributed by atoms with Crippen LogP contribution in [0.15, 0.2) is 85.2 Å². The molecule has 0 saturated carbocycles. The van der Waals surface area contributed by atoms with Gasteiger partial charge in [0.05, 0.1) is 89.4 Å². The highest BCUT2D eigenvalue weighted by Crippen LogP contribution is 2.35. The van der Waals surface area contributed by atoms with Gasteiger partial charge in [-0.1, -0.05) is 0 Å². The zero-order valence-corrected chi connectivity index (χ0v) is 32.5. The Morgan fingerprint density at radius 3 is 1.64 bits per heavy atom. The lowest BCUT2D eigenvalue weighted by molar-refractivity contribution is 0.0274. The number of benzene rings is 4. The minimum atomic E-state index is -0.522. The molecule has 0 bridgehead atoms. The first-order valence-electron chi connectivity index (χ1n) is 18.4. The number of nitrogens with zero attached hydrogens (tertiary/aromatic N) is 2. The first kappa shape index (κ1) is 39.5. The van der Waals surface area contributed by atoms with Crippen molar-refractivity contribution in [3.05, 3.63) is 90.8 Å². The average molecular weight is 794 g/mol. The zero-order valence-electron chi connectivity index (χ0n) is 32.5. The number of rotatable bonds is 19. The Balaban J connectivity index is 0.797. The second-order valence-corrected chi connectivity index (χ2v) is 12.8. The summed E-state index contributed by atoms with van der Waals surface area (Å²) in [6.45, 7) is 1.46. The van der Waals surface area contributed by atoms with Crippen LogP contribution in [0.2, 0.25) is 0 Å².